The highest BCUT2D eigenvalue weighted by Gasteiger charge is 2.17. The number of nitrogens with one attached hydrogen (secondary N) is 1. The molecule has 1 atom stereocenters. The summed E-state index contributed by atoms with van der Waals surface area (Å²) >= 11 is 0. The van der Waals surface area contributed by atoms with Gasteiger partial charge in [-0.25, -0.2) is 0 Å². The Labute approximate surface area is 121 Å². The number of aromatic nitrogens is 4. The van der Waals surface area contributed by atoms with E-state index in [-0.39, 0.29) is 6.04 Å². The molecule has 2 heterocycles. The standard InChI is InChI=1S/C15H25N5/c1-6-16-15(14-10-17-19(5)12(14)4)9-13-7-8-20(18-13)11(2)3/h7-8,10-11,15-16H,6,9H2,1-5H3. The summed E-state index contributed by atoms with van der Waals surface area (Å²) in [5.41, 5.74) is 3.58. The van der Waals surface area contributed by atoms with Gasteiger partial charge in [-0.3, -0.25) is 9.36 Å². The second-order valence-electron chi connectivity index (χ2n) is 5.50. The predicted molar refractivity (Wildman–Crippen MR) is 80.7 cm³/mol. The first-order valence-corrected chi connectivity index (χ1v) is 7.28. The van der Waals surface area contributed by atoms with Crippen molar-refractivity contribution in [2.75, 3.05) is 6.54 Å². The summed E-state index contributed by atoms with van der Waals surface area (Å²) in [7, 11) is 1.98. The minimum Gasteiger partial charge on any atom is -0.310 e. The van der Waals surface area contributed by atoms with Crippen LogP contribution in [0.2, 0.25) is 0 Å². The SMILES string of the molecule is CCNC(Cc1ccn(C(C)C)n1)c1cnn(C)c1C. The van der Waals surface area contributed by atoms with Crippen LogP contribution in [0.1, 0.15) is 49.8 Å². The van der Waals surface area contributed by atoms with E-state index in [1.807, 2.05) is 22.6 Å². The van der Waals surface area contributed by atoms with Gasteiger partial charge in [-0.2, -0.15) is 10.2 Å². The molecule has 0 aliphatic heterocycles. The Morgan fingerprint density at radius 3 is 2.60 bits per heavy atom. The van der Waals surface area contributed by atoms with Crippen LogP contribution < -0.4 is 5.32 Å². The van der Waals surface area contributed by atoms with E-state index >= 15 is 0 Å². The van der Waals surface area contributed by atoms with Crippen molar-refractivity contribution in [1.29, 1.82) is 0 Å². The molecule has 0 saturated carbocycles. The Bertz CT molecular complexity index is 552. The molecule has 0 aliphatic rings. The van der Waals surface area contributed by atoms with E-state index in [0.29, 0.717) is 6.04 Å². The molecule has 2 aromatic rings. The topological polar surface area (TPSA) is 47.7 Å². The van der Waals surface area contributed by atoms with Gasteiger partial charge in [0.25, 0.3) is 0 Å². The Hall–Kier alpha value is -1.62. The third-order valence-electron chi connectivity index (χ3n) is 3.71. The fourth-order valence-corrected chi connectivity index (χ4v) is 2.38. The van der Waals surface area contributed by atoms with Crippen LogP contribution in [0.4, 0.5) is 0 Å². The molecule has 0 aromatic carbocycles. The lowest BCUT2D eigenvalue weighted by Gasteiger charge is -2.16. The van der Waals surface area contributed by atoms with Gasteiger partial charge in [-0.15, -0.1) is 0 Å². The van der Waals surface area contributed by atoms with Gasteiger partial charge in [-0.1, -0.05) is 6.92 Å². The second-order valence-corrected chi connectivity index (χ2v) is 5.50. The average molecular weight is 275 g/mol. The van der Waals surface area contributed by atoms with Gasteiger partial charge in [0.05, 0.1) is 11.9 Å². The van der Waals surface area contributed by atoms with Gasteiger partial charge in [0.15, 0.2) is 0 Å². The lowest BCUT2D eigenvalue weighted by molar-refractivity contribution is 0.505. The highest BCUT2D eigenvalue weighted by molar-refractivity contribution is 5.22. The smallest absolute Gasteiger partial charge is 0.0643 e. The van der Waals surface area contributed by atoms with E-state index in [4.69, 9.17) is 0 Å². The summed E-state index contributed by atoms with van der Waals surface area (Å²) in [5.74, 6) is 0. The summed E-state index contributed by atoms with van der Waals surface area (Å²) in [6.45, 7) is 9.46. The fourth-order valence-electron chi connectivity index (χ4n) is 2.38. The molecule has 2 rings (SSSR count). The Morgan fingerprint density at radius 1 is 1.35 bits per heavy atom. The van der Waals surface area contributed by atoms with E-state index in [2.05, 4.69) is 55.5 Å². The molecule has 0 amide bonds. The third-order valence-corrected chi connectivity index (χ3v) is 3.71. The minimum atomic E-state index is 0.268. The molecule has 5 heteroatoms. The van der Waals surface area contributed by atoms with Crippen molar-refractivity contribution in [2.24, 2.45) is 7.05 Å². The number of rotatable bonds is 6. The first-order chi connectivity index (χ1) is 9.52. The maximum Gasteiger partial charge on any atom is 0.0643 e. The van der Waals surface area contributed by atoms with Crippen molar-refractivity contribution in [2.45, 2.75) is 46.2 Å². The van der Waals surface area contributed by atoms with Crippen molar-refractivity contribution in [1.82, 2.24) is 24.9 Å². The molecule has 0 fully saturated rings. The van der Waals surface area contributed by atoms with Crippen LogP contribution in [0.25, 0.3) is 0 Å². The van der Waals surface area contributed by atoms with Crippen LogP contribution in [0.15, 0.2) is 18.5 Å². The van der Waals surface area contributed by atoms with Crippen molar-refractivity contribution >= 4 is 0 Å². The predicted octanol–water partition coefficient (Wildman–Crippen LogP) is 2.40. The molecular weight excluding hydrogens is 250 g/mol. The molecule has 1 N–H and O–H groups in total. The Morgan fingerprint density at radius 2 is 2.10 bits per heavy atom. The minimum absolute atomic E-state index is 0.268. The molecule has 2 aromatic heterocycles. The first-order valence-electron chi connectivity index (χ1n) is 7.28. The number of hydrogen-bond acceptors (Lipinski definition) is 3. The first kappa shape index (κ1) is 14.8. The van der Waals surface area contributed by atoms with Gasteiger partial charge >= 0.3 is 0 Å². The normalized spacial score (nSPS) is 13.1. The van der Waals surface area contributed by atoms with Crippen molar-refractivity contribution < 1.29 is 0 Å². The highest BCUT2D eigenvalue weighted by atomic mass is 15.3. The molecule has 0 bridgehead atoms. The summed E-state index contributed by atoms with van der Waals surface area (Å²) in [5, 5.41) is 12.5. The van der Waals surface area contributed by atoms with E-state index in [0.717, 1.165) is 18.7 Å². The zero-order valence-corrected chi connectivity index (χ0v) is 13.1. The molecule has 0 spiro atoms. The highest BCUT2D eigenvalue weighted by Crippen LogP contribution is 2.21. The van der Waals surface area contributed by atoms with E-state index in [1.54, 1.807) is 0 Å². The zero-order valence-electron chi connectivity index (χ0n) is 13.1. The van der Waals surface area contributed by atoms with Crippen molar-refractivity contribution in [3.63, 3.8) is 0 Å². The quantitative estimate of drug-likeness (QED) is 0.880. The number of nitrogens with zero attached hydrogens (tertiary/aromatic N) is 4. The summed E-state index contributed by atoms with van der Waals surface area (Å²) in [6, 6.07) is 2.78. The second kappa shape index (κ2) is 6.22. The summed E-state index contributed by atoms with van der Waals surface area (Å²) in [4.78, 5) is 0. The maximum atomic E-state index is 4.64. The van der Waals surface area contributed by atoms with Gasteiger partial charge in [0.2, 0.25) is 0 Å². The molecular formula is C15H25N5. The molecule has 20 heavy (non-hydrogen) atoms. The van der Waals surface area contributed by atoms with Crippen LogP contribution in [-0.2, 0) is 13.5 Å². The maximum absolute atomic E-state index is 4.64. The van der Waals surface area contributed by atoms with E-state index < -0.39 is 0 Å². The molecule has 5 nitrogen and oxygen atoms in total. The van der Waals surface area contributed by atoms with Crippen LogP contribution in [0.5, 0.6) is 0 Å². The van der Waals surface area contributed by atoms with Crippen molar-refractivity contribution in [3.05, 3.63) is 35.4 Å². The molecule has 110 valence electrons. The van der Waals surface area contributed by atoms with Gasteiger partial charge < -0.3 is 5.32 Å². The Kier molecular flexibility index (Phi) is 4.60. The van der Waals surface area contributed by atoms with E-state index in [1.165, 1.54) is 11.3 Å². The van der Waals surface area contributed by atoms with Crippen LogP contribution in [-0.4, -0.2) is 26.1 Å². The van der Waals surface area contributed by atoms with Gasteiger partial charge in [0.1, 0.15) is 0 Å². The molecule has 1 unspecified atom stereocenters. The van der Waals surface area contributed by atoms with Crippen LogP contribution in [0.3, 0.4) is 0 Å². The van der Waals surface area contributed by atoms with Crippen molar-refractivity contribution in [3.8, 4) is 0 Å². The van der Waals surface area contributed by atoms with E-state index in [9.17, 15) is 0 Å². The zero-order chi connectivity index (χ0) is 14.7. The fraction of sp³-hybridized carbons (Fsp3) is 0.600. The van der Waals surface area contributed by atoms with Crippen LogP contribution >= 0.6 is 0 Å². The Balaban J connectivity index is 2.18. The number of aryl methyl sites for hydroxylation is 1. The average Bonchev–Trinajstić information content (AvgIpc) is 2.98. The van der Waals surface area contributed by atoms with Gasteiger partial charge in [0, 0.05) is 43.0 Å². The molecule has 0 radical (unpaired) electrons. The number of likely N-dealkylation sites (N-methyl/N-ethyl adjacent to an activating group) is 1. The lowest BCUT2D eigenvalue weighted by Crippen LogP contribution is -2.23. The third kappa shape index (κ3) is 3.10. The molecule has 0 saturated heterocycles. The lowest BCUT2D eigenvalue weighted by atomic mass is 10.0. The summed E-state index contributed by atoms with van der Waals surface area (Å²) < 4.78 is 3.93. The monoisotopic (exact) mass is 275 g/mol. The number of hydrogen-bond donors (Lipinski definition) is 1. The molecule has 0 aliphatic carbocycles. The largest absolute Gasteiger partial charge is 0.310 e. The summed E-state index contributed by atoms with van der Waals surface area (Å²) in [6.07, 6.45) is 4.90. The van der Waals surface area contributed by atoms with Gasteiger partial charge in [-0.05, 0) is 33.4 Å². The van der Waals surface area contributed by atoms with Crippen LogP contribution in [0, 0.1) is 6.92 Å².